The summed E-state index contributed by atoms with van der Waals surface area (Å²) >= 11 is 0. The summed E-state index contributed by atoms with van der Waals surface area (Å²) in [5.41, 5.74) is -1.49. The Morgan fingerprint density at radius 3 is 2.35 bits per heavy atom. The van der Waals surface area contributed by atoms with Gasteiger partial charge in [0.15, 0.2) is 15.8 Å². The van der Waals surface area contributed by atoms with Crippen LogP contribution in [0.2, 0.25) is 0 Å². The van der Waals surface area contributed by atoms with Gasteiger partial charge in [-0.25, -0.2) is 4.39 Å². The van der Waals surface area contributed by atoms with Crippen LogP contribution in [0.5, 0.6) is 0 Å². The van der Waals surface area contributed by atoms with E-state index in [-0.39, 0.29) is 17.9 Å². The zero-order valence-corrected chi connectivity index (χ0v) is 31.2. The number of aliphatic hydroxyl groups excluding tert-OH is 1. The summed E-state index contributed by atoms with van der Waals surface area (Å²) in [6.07, 6.45) is -3.88. The van der Waals surface area contributed by atoms with Gasteiger partial charge < -0.3 is 29.9 Å². The van der Waals surface area contributed by atoms with E-state index in [1.54, 1.807) is 24.9 Å². The van der Waals surface area contributed by atoms with Crippen LogP contribution in [0.3, 0.4) is 0 Å². The number of anilines is 1. The number of fused-ring (bicyclic) bond motifs is 11. The number of amides is 4. The topological polar surface area (TPSA) is 140 Å². The lowest BCUT2D eigenvalue weighted by Gasteiger charge is -2.59. The molecule has 9 aliphatic heterocycles. The fourth-order valence-electron chi connectivity index (χ4n) is 10.9. The Hall–Kier alpha value is -3.12. The number of hydrogen-bond acceptors (Lipinski definition) is 12. The maximum absolute atomic E-state index is 15.9. The second-order valence-electron chi connectivity index (χ2n) is 14.7. The van der Waals surface area contributed by atoms with Crippen LogP contribution in [-0.2, 0) is 46.0 Å². The lowest BCUT2D eigenvalue weighted by molar-refractivity contribution is -0.172. The van der Waals surface area contributed by atoms with Crippen LogP contribution < -0.4 is 5.32 Å². The molecule has 9 heterocycles. The number of hydrogen-bond donors (Lipinski definition) is 2. The van der Waals surface area contributed by atoms with Crippen molar-refractivity contribution in [3.05, 3.63) is 65.0 Å². The molecule has 10 aliphatic rings. The lowest BCUT2D eigenvalue weighted by Crippen LogP contribution is -2.77. The summed E-state index contributed by atoms with van der Waals surface area (Å²) < 4.78 is 22.3. The molecule has 266 valence electrons. The van der Waals surface area contributed by atoms with Crippen molar-refractivity contribution in [2.45, 2.75) is 88.3 Å². The Bertz CT molecular complexity index is 2100. The summed E-state index contributed by atoms with van der Waals surface area (Å²) in [7, 11) is 7.81. The van der Waals surface area contributed by atoms with Gasteiger partial charge in [0.25, 0.3) is 23.6 Å². The molecular formula is C34H32FN5O7S4. The molecular weight excluding hydrogens is 738 g/mol. The Labute approximate surface area is 307 Å². The minimum atomic E-state index is -1.87. The largest absolute Gasteiger partial charge is 0.457 e. The number of carbonyl (C=O) groups excluding carboxylic acids is 5. The number of esters is 1. The molecule has 0 unspecified atom stereocenters. The maximum Gasteiger partial charge on any atom is 0.303 e. The second-order valence-corrected chi connectivity index (χ2v) is 20.1. The number of piperazine rings is 2. The molecule has 8 saturated heterocycles. The molecule has 10 atom stereocenters. The highest BCUT2D eigenvalue weighted by molar-refractivity contribution is 8.78. The Morgan fingerprint density at radius 2 is 1.63 bits per heavy atom. The number of rotatable bonds is 3. The van der Waals surface area contributed by atoms with Gasteiger partial charge in [-0.15, -0.1) is 0 Å². The van der Waals surface area contributed by atoms with Crippen LogP contribution in [0.15, 0.2) is 42.5 Å². The molecule has 12 nitrogen and oxygen atoms in total. The monoisotopic (exact) mass is 769 g/mol. The van der Waals surface area contributed by atoms with Gasteiger partial charge >= 0.3 is 5.97 Å². The first-order valence-electron chi connectivity index (χ1n) is 16.7. The average molecular weight is 770 g/mol. The van der Waals surface area contributed by atoms with Gasteiger partial charge in [0, 0.05) is 26.7 Å². The van der Waals surface area contributed by atoms with Gasteiger partial charge in [-0.3, -0.25) is 28.9 Å². The molecule has 17 heteroatoms. The van der Waals surface area contributed by atoms with Crippen molar-refractivity contribution in [3.8, 4) is 0 Å². The first-order valence-corrected chi connectivity index (χ1v) is 21.0. The molecule has 0 radical (unpaired) electrons. The van der Waals surface area contributed by atoms with E-state index in [2.05, 4.69) is 5.32 Å². The minimum Gasteiger partial charge on any atom is -0.457 e. The summed E-state index contributed by atoms with van der Waals surface area (Å²) in [6, 6.07) is 10.6. The van der Waals surface area contributed by atoms with Gasteiger partial charge in [-0.2, -0.15) is 0 Å². The smallest absolute Gasteiger partial charge is 0.303 e. The van der Waals surface area contributed by atoms with E-state index in [1.807, 2.05) is 25.1 Å². The van der Waals surface area contributed by atoms with Crippen LogP contribution >= 0.6 is 43.2 Å². The number of carbonyl (C=O) groups is 5. The fourth-order valence-corrected chi connectivity index (χ4v) is 18.5. The SMILES string of the molecule is CC[C@@]12SS[C@]3(C(=O)N1C)[C@@H](O)[C@]1([C@@]45c6cc(F)ccc6N[C@@H]4N4C(=O)[C@]6(C)SS[C@]4(C(=O)N6C)[C@H]5OC(C)=O)c4ccccc4C[C@@H]1N3C2=O. The van der Waals surface area contributed by atoms with Gasteiger partial charge in [-0.05, 0) is 76.2 Å². The average Bonchev–Trinajstić information content (AvgIpc) is 3.76. The van der Waals surface area contributed by atoms with Gasteiger partial charge in [-0.1, -0.05) is 52.8 Å². The highest BCUT2D eigenvalue weighted by atomic mass is 33.1. The van der Waals surface area contributed by atoms with Crippen LogP contribution in [0.25, 0.3) is 0 Å². The minimum absolute atomic E-state index is 0.211. The predicted molar refractivity (Wildman–Crippen MR) is 189 cm³/mol. The molecule has 12 rings (SSSR count). The first kappa shape index (κ1) is 32.5. The molecule has 2 aromatic rings. The van der Waals surface area contributed by atoms with E-state index in [1.165, 1.54) is 68.5 Å². The Balaban J connectivity index is 1.38. The summed E-state index contributed by atoms with van der Waals surface area (Å²) in [5, 5.41) is 17.0. The zero-order valence-electron chi connectivity index (χ0n) is 28.0. The number of likely N-dealkylation sites (N-methyl/N-ethyl adjacent to an activating group) is 2. The van der Waals surface area contributed by atoms with E-state index in [4.69, 9.17) is 4.74 Å². The fraction of sp³-hybridized carbons (Fsp3) is 0.500. The first-order chi connectivity index (χ1) is 24.2. The molecule has 2 spiro atoms. The number of nitrogens with one attached hydrogen (secondary N) is 1. The molecule has 0 saturated carbocycles. The number of nitrogens with zero attached hydrogens (tertiary/aromatic N) is 4. The van der Waals surface area contributed by atoms with Gasteiger partial charge in [0.1, 0.15) is 18.1 Å². The molecule has 51 heavy (non-hydrogen) atoms. The van der Waals surface area contributed by atoms with Gasteiger partial charge in [0.2, 0.25) is 9.74 Å². The van der Waals surface area contributed by atoms with Crippen molar-refractivity contribution in [1.82, 2.24) is 19.6 Å². The van der Waals surface area contributed by atoms with Crippen molar-refractivity contribution >= 4 is 78.5 Å². The van der Waals surface area contributed by atoms with E-state index in [0.717, 1.165) is 27.2 Å². The third-order valence-electron chi connectivity index (χ3n) is 13.1. The quantitative estimate of drug-likeness (QED) is 0.351. The van der Waals surface area contributed by atoms with Crippen molar-refractivity contribution < 1.29 is 38.2 Å². The van der Waals surface area contributed by atoms with Crippen molar-refractivity contribution in [2.75, 3.05) is 19.4 Å². The van der Waals surface area contributed by atoms with E-state index in [0.29, 0.717) is 17.7 Å². The summed E-state index contributed by atoms with van der Waals surface area (Å²) in [6.45, 7) is 4.72. The van der Waals surface area contributed by atoms with Crippen molar-refractivity contribution in [3.63, 3.8) is 0 Å². The highest BCUT2D eigenvalue weighted by Crippen LogP contribution is 2.79. The third kappa shape index (κ3) is 2.95. The summed E-state index contributed by atoms with van der Waals surface area (Å²) in [5.74, 6) is -3.08. The Morgan fingerprint density at radius 1 is 0.922 bits per heavy atom. The molecule has 1 aliphatic carbocycles. The van der Waals surface area contributed by atoms with E-state index in [9.17, 15) is 24.3 Å². The highest BCUT2D eigenvalue weighted by Gasteiger charge is 2.93. The Kier molecular flexibility index (Phi) is 6.06. The van der Waals surface area contributed by atoms with Crippen LogP contribution in [-0.4, -0.2) is 112 Å². The molecule has 4 amide bonds. The number of aliphatic hydroxyl groups is 1. The molecule has 2 N–H and O–H groups in total. The number of halogens is 1. The van der Waals surface area contributed by atoms with Crippen molar-refractivity contribution in [1.29, 1.82) is 0 Å². The summed E-state index contributed by atoms with van der Waals surface area (Å²) in [4.78, 5) is 72.8. The predicted octanol–water partition coefficient (Wildman–Crippen LogP) is 2.60. The third-order valence-corrected chi connectivity index (χ3v) is 20.5. The van der Waals surface area contributed by atoms with Gasteiger partial charge in [0.05, 0.1) is 16.9 Å². The molecule has 2 aromatic carbocycles. The molecule has 8 fully saturated rings. The zero-order chi connectivity index (χ0) is 36.0. The number of benzene rings is 2. The second kappa shape index (κ2) is 9.51. The van der Waals surface area contributed by atoms with E-state index >= 15 is 9.18 Å². The lowest BCUT2D eigenvalue weighted by atomic mass is 9.51. The van der Waals surface area contributed by atoms with Crippen LogP contribution in [0.1, 0.15) is 43.9 Å². The number of ether oxygens (including phenoxy) is 1. The normalized spacial score (nSPS) is 43.6. The van der Waals surface area contributed by atoms with E-state index < -0.39 is 84.2 Å². The van der Waals surface area contributed by atoms with Crippen LogP contribution in [0.4, 0.5) is 10.1 Å². The standard InChI is InChI=1S/C34H32FN5O7S4/c1-6-30-26(44)39-21-13-16-9-7-8-10-18(16)31(21,22(42)33(39,50-49-30)27(45)38(30)5)32-19-14-17(35)11-12-20(19)36-24(32)40-25(43)29(3)37(4)28(46)34(40,51-48-29)23(32)47-15(2)41/h7-12,14,21-24,36,42H,6,13H2,1-5H3/t21-,22-,23-,24+,29-,30-,31-,32+,33-,34-/m0/s1. The molecule has 4 bridgehead atoms. The van der Waals surface area contributed by atoms with Crippen LogP contribution in [0, 0.1) is 5.82 Å². The van der Waals surface area contributed by atoms with Crippen molar-refractivity contribution in [2.24, 2.45) is 0 Å². The maximum atomic E-state index is 15.9. The molecule has 0 aromatic heterocycles.